The van der Waals surface area contributed by atoms with Crippen molar-refractivity contribution in [1.82, 2.24) is 9.55 Å². The van der Waals surface area contributed by atoms with E-state index in [2.05, 4.69) is 15.6 Å². The van der Waals surface area contributed by atoms with E-state index in [4.69, 9.17) is 0 Å². The van der Waals surface area contributed by atoms with Crippen molar-refractivity contribution in [3.8, 4) is 5.69 Å². The SMILES string of the molecule is Cc1ccc(-n2c(SCC(=O)Nc3ccc(C(=O)Nc4ccccc4)cc3)nc3ccccc3c2=O)cc1. The minimum atomic E-state index is -0.255. The van der Waals surface area contributed by atoms with E-state index in [9.17, 15) is 14.4 Å². The lowest BCUT2D eigenvalue weighted by Gasteiger charge is -2.13. The fourth-order valence-corrected chi connectivity index (χ4v) is 4.70. The fraction of sp³-hybridized carbons (Fsp3) is 0.0667. The zero-order chi connectivity index (χ0) is 26.5. The van der Waals surface area contributed by atoms with Gasteiger partial charge in [0.15, 0.2) is 5.16 Å². The lowest BCUT2D eigenvalue weighted by atomic mass is 10.2. The summed E-state index contributed by atoms with van der Waals surface area (Å²) in [5, 5.41) is 6.61. The van der Waals surface area contributed by atoms with Crippen LogP contribution in [0.25, 0.3) is 16.6 Å². The van der Waals surface area contributed by atoms with Crippen molar-refractivity contribution >= 4 is 45.9 Å². The number of aromatic nitrogens is 2. The van der Waals surface area contributed by atoms with E-state index in [0.717, 1.165) is 5.56 Å². The van der Waals surface area contributed by atoms with Gasteiger partial charge in [0.25, 0.3) is 11.5 Å². The molecular weight excluding hydrogens is 496 g/mol. The van der Waals surface area contributed by atoms with E-state index in [1.165, 1.54) is 11.8 Å². The molecule has 0 aliphatic carbocycles. The molecule has 1 aromatic heterocycles. The molecule has 0 aliphatic rings. The monoisotopic (exact) mass is 520 g/mol. The molecule has 0 saturated heterocycles. The normalized spacial score (nSPS) is 10.8. The third-order valence-electron chi connectivity index (χ3n) is 5.83. The third-order valence-corrected chi connectivity index (χ3v) is 6.77. The molecule has 1 heterocycles. The molecule has 0 bridgehead atoms. The first-order valence-electron chi connectivity index (χ1n) is 12.0. The Kier molecular flexibility index (Phi) is 7.33. The minimum Gasteiger partial charge on any atom is -0.325 e. The predicted octanol–water partition coefficient (Wildman–Crippen LogP) is 5.68. The summed E-state index contributed by atoms with van der Waals surface area (Å²) >= 11 is 1.19. The molecule has 8 heteroatoms. The highest BCUT2D eigenvalue weighted by Crippen LogP contribution is 2.22. The quantitative estimate of drug-likeness (QED) is 0.213. The number of carbonyl (C=O) groups is 2. The van der Waals surface area contributed by atoms with Gasteiger partial charge in [0.2, 0.25) is 5.91 Å². The molecule has 0 unspecified atom stereocenters. The molecule has 7 nitrogen and oxygen atoms in total. The number of hydrogen-bond acceptors (Lipinski definition) is 5. The van der Waals surface area contributed by atoms with Crippen LogP contribution in [0.1, 0.15) is 15.9 Å². The summed E-state index contributed by atoms with van der Waals surface area (Å²) in [5.74, 6) is -0.442. The van der Waals surface area contributed by atoms with E-state index >= 15 is 0 Å². The Morgan fingerprint density at radius 3 is 2.18 bits per heavy atom. The Morgan fingerprint density at radius 1 is 0.789 bits per heavy atom. The Labute approximate surface area is 223 Å². The molecule has 0 saturated carbocycles. The number of aryl methyl sites for hydroxylation is 1. The van der Waals surface area contributed by atoms with Gasteiger partial charge < -0.3 is 10.6 Å². The number of nitrogens with one attached hydrogen (secondary N) is 2. The van der Waals surface area contributed by atoms with E-state index in [1.807, 2.05) is 73.7 Å². The number of hydrogen-bond donors (Lipinski definition) is 2. The average molecular weight is 521 g/mol. The number of carbonyl (C=O) groups excluding carboxylic acids is 2. The molecule has 4 aromatic carbocycles. The highest BCUT2D eigenvalue weighted by Gasteiger charge is 2.15. The predicted molar refractivity (Wildman–Crippen MR) is 152 cm³/mol. The van der Waals surface area contributed by atoms with Crippen molar-refractivity contribution in [1.29, 1.82) is 0 Å². The molecule has 5 rings (SSSR count). The summed E-state index contributed by atoms with van der Waals surface area (Å²) in [6.45, 7) is 1.98. The first-order valence-corrected chi connectivity index (χ1v) is 12.9. The van der Waals surface area contributed by atoms with Crippen LogP contribution in [-0.2, 0) is 4.79 Å². The molecule has 0 spiro atoms. The Bertz CT molecular complexity index is 1670. The van der Waals surface area contributed by atoms with Gasteiger partial charge in [0, 0.05) is 16.9 Å². The van der Waals surface area contributed by atoms with Crippen LogP contribution in [0.2, 0.25) is 0 Å². The lowest BCUT2D eigenvalue weighted by Crippen LogP contribution is -2.23. The van der Waals surface area contributed by atoms with Crippen molar-refractivity contribution in [3.63, 3.8) is 0 Å². The van der Waals surface area contributed by atoms with Crippen molar-refractivity contribution in [2.24, 2.45) is 0 Å². The average Bonchev–Trinajstić information content (AvgIpc) is 2.94. The van der Waals surface area contributed by atoms with Crippen molar-refractivity contribution in [2.75, 3.05) is 16.4 Å². The zero-order valence-corrected chi connectivity index (χ0v) is 21.4. The maximum atomic E-state index is 13.3. The van der Waals surface area contributed by atoms with E-state index in [-0.39, 0.29) is 23.1 Å². The first kappa shape index (κ1) is 25.0. The lowest BCUT2D eigenvalue weighted by molar-refractivity contribution is -0.113. The van der Waals surface area contributed by atoms with Gasteiger partial charge >= 0.3 is 0 Å². The fourth-order valence-electron chi connectivity index (χ4n) is 3.89. The summed E-state index contributed by atoms with van der Waals surface area (Å²) in [5.41, 5.74) is 3.90. The van der Waals surface area contributed by atoms with Crippen LogP contribution in [-0.4, -0.2) is 27.1 Å². The second kappa shape index (κ2) is 11.1. The van der Waals surface area contributed by atoms with Crippen molar-refractivity contribution in [3.05, 3.63) is 125 Å². The molecule has 2 amide bonds. The smallest absolute Gasteiger partial charge is 0.266 e. The molecule has 0 atom stereocenters. The van der Waals surface area contributed by atoms with Crippen molar-refractivity contribution < 1.29 is 9.59 Å². The molecule has 0 fully saturated rings. The number of para-hydroxylation sites is 2. The number of thioether (sulfide) groups is 1. The van der Waals surface area contributed by atoms with Crippen LogP contribution in [0.4, 0.5) is 11.4 Å². The Morgan fingerprint density at radius 2 is 1.45 bits per heavy atom. The largest absolute Gasteiger partial charge is 0.325 e. The highest BCUT2D eigenvalue weighted by molar-refractivity contribution is 7.99. The van der Waals surface area contributed by atoms with Crippen molar-refractivity contribution in [2.45, 2.75) is 12.1 Å². The maximum Gasteiger partial charge on any atom is 0.266 e. The maximum absolute atomic E-state index is 13.3. The number of anilines is 2. The number of amides is 2. The number of benzene rings is 4. The first-order chi connectivity index (χ1) is 18.5. The summed E-state index contributed by atoms with van der Waals surface area (Å²) in [4.78, 5) is 43.2. The molecule has 2 N–H and O–H groups in total. The highest BCUT2D eigenvalue weighted by atomic mass is 32.2. The Hall–Kier alpha value is -4.69. The number of nitrogens with zero attached hydrogens (tertiary/aromatic N) is 2. The summed E-state index contributed by atoms with van der Waals surface area (Å²) in [6.07, 6.45) is 0. The Balaban J connectivity index is 1.30. The topological polar surface area (TPSA) is 93.1 Å². The second-order valence-electron chi connectivity index (χ2n) is 8.62. The molecular formula is C30H24N4O3S. The van der Waals surface area contributed by atoms with E-state index in [0.29, 0.717) is 38.7 Å². The summed E-state index contributed by atoms with van der Waals surface area (Å²) in [6, 6.07) is 30.6. The van der Waals surface area contributed by atoms with E-state index in [1.54, 1.807) is 41.0 Å². The van der Waals surface area contributed by atoms with Gasteiger partial charge in [-0.3, -0.25) is 19.0 Å². The summed E-state index contributed by atoms with van der Waals surface area (Å²) < 4.78 is 1.54. The van der Waals surface area contributed by atoms with Gasteiger partial charge in [-0.1, -0.05) is 59.8 Å². The number of rotatable bonds is 7. The van der Waals surface area contributed by atoms with Crippen LogP contribution in [0.15, 0.2) is 113 Å². The van der Waals surface area contributed by atoms with Crippen LogP contribution >= 0.6 is 11.8 Å². The summed E-state index contributed by atoms with van der Waals surface area (Å²) in [7, 11) is 0. The van der Waals surface area contributed by atoms with Gasteiger partial charge in [0.1, 0.15) is 0 Å². The van der Waals surface area contributed by atoms with Crippen LogP contribution < -0.4 is 16.2 Å². The molecule has 0 radical (unpaired) electrons. The van der Waals surface area contributed by atoms with Gasteiger partial charge in [0.05, 0.1) is 22.3 Å². The second-order valence-corrected chi connectivity index (χ2v) is 9.56. The van der Waals surface area contributed by atoms with Gasteiger partial charge in [-0.15, -0.1) is 0 Å². The van der Waals surface area contributed by atoms with Gasteiger partial charge in [-0.05, 0) is 67.6 Å². The van der Waals surface area contributed by atoms with E-state index < -0.39 is 0 Å². The van der Waals surface area contributed by atoms with Crippen LogP contribution in [0.3, 0.4) is 0 Å². The molecule has 188 valence electrons. The van der Waals surface area contributed by atoms with Crippen LogP contribution in [0.5, 0.6) is 0 Å². The minimum absolute atomic E-state index is 0.0485. The molecule has 5 aromatic rings. The number of fused-ring (bicyclic) bond motifs is 1. The van der Waals surface area contributed by atoms with Gasteiger partial charge in [-0.25, -0.2) is 4.98 Å². The molecule has 38 heavy (non-hydrogen) atoms. The van der Waals surface area contributed by atoms with Gasteiger partial charge in [-0.2, -0.15) is 0 Å². The zero-order valence-electron chi connectivity index (χ0n) is 20.5. The van der Waals surface area contributed by atoms with Crippen LogP contribution in [0, 0.1) is 6.92 Å². The third kappa shape index (κ3) is 5.66. The standard InChI is InChI=1S/C30H24N4O3S/c1-20-11-17-24(18-12-20)34-29(37)25-9-5-6-10-26(25)33-30(34)38-19-27(35)31-23-15-13-21(14-16-23)28(36)32-22-7-3-2-4-8-22/h2-18H,19H2,1H3,(H,31,35)(H,32,36). The molecule has 0 aliphatic heterocycles.